The zero-order valence-electron chi connectivity index (χ0n) is 19.1. The fraction of sp³-hybridized carbons (Fsp3) is 0.346. The van der Waals surface area contributed by atoms with E-state index < -0.39 is 0 Å². The van der Waals surface area contributed by atoms with E-state index in [1.165, 1.54) is 36.7 Å². The van der Waals surface area contributed by atoms with Crippen molar-refractivity contribution in [2.24, 2.45) is 5.92 Å². The first kappa shape index (κ1) is 22.2. The molecule has 1 aliphatic carbocycles. The molecule has 1 N–H and O–H groups in total. The van der Waals surface area contributed by atoms with E-state index in [1.807, 2.05) is 25.1 Å². The van der Waals surface area contributed by atoms with Crippen molar-refractivity contribution in [3.05, 3.63) is 64.8 Å². The maximum absolute atomic E-state index is 13.5. The first-order valence-electron chi connectivity index (χ1n) is 11.3. The molecule has 1 aromatic heterocycles. The molecular formula is C26H27N3O2S2. The normalized spacial score (nSPS) is 16.1. The molecule has 5 rings (SSSR count). The molecule has 3 aromatic rings. The van der Waals surface area contributed by atoms with E-state index in [0.29, 0.717) is 17.6 Å². The van der Waals surface area contributed by atoms with Gasteiger partial charge in [0.25, 0.3) is 5.91 Å². The minimum absolute atomic E-state index is 0.126. The largest absolute Gasteiger partial charge is 0.331 e. The minimum Gasteiger partial charge on any atom is -0.331 e. The van der Waals surface area contributed by atoms with Crippen LogP contribution in [-0.4, -0.2) is 27.7 Å². The summed E-state index contributed by atoms with van der Waals surface area (Å²) in [5.74, 6) is 1.47. The van der Waals surface area contributed by atoms with Crippen molar-refractivity contribution in [2.75, 3.05) is 5.32 Å². The average molecular weight is 478 g/mol. The molecule has 2 aromatic carbocycles. The zero-order valence-corrected chi connectivity index (χ0v) is 20.7. The van der Waals surface area contributed by atoms with Gasteiger partial charge in [-0.05, 0) is 61.4 Å². The Hall–Kier alpha value is -2.64. The monoisotopic (exact) mass is 477 g/mol. The SMILES string of the molecule is CC(=O)Nc1nc(C)c(-c2cc3c(c(SCc4ccccc4)c2)C(=O)N([C@@H](C)C2CC2)C3)s1. The fourth-order valence-corrected chi connectivity index (χ4v) is 6.54. The molecule has 0 radical (unpaired) electrons. The molecule has 170 valence electrons. The maximum Gasteiger partial charge on any atom is 0.255 e. The second-order valence-electron chi connectivity index (χ2n) is 8.91. The first-order valence-corrected chi connectivity index (χ1v) is 13.1. The average Bonchev–Trinajstić information content (AvgIpc) is 3.50. The van der Waals surface area contributed by atoms with Crippen LogP contribution < -0.4 is 5.32 Å². The maximum atomic E-state index is 13.5. The van der Waals surface area contributed by atoms with Gasteiger partial charge in [-0.2, -0.15) is 0 Å². The number of hydrogen-bond donors (Lipinski definition) is 1. The van der Waals surface area contributed by atoms with E-state index in [2.05, 4.69) is 46.4 Å². The van der Waals surface area contributed by atoms with Crippen molar-refractivity contribution in [2.45, 2.75) is 56.8 Å². The van der Waals surface area contributed by atoms with E-state index in [1.54, 1.807) is 11.8 Å². The van der Waals surface area contributed by atoms with E-state index in [-0.39, 0.29) is 17.9 Å². The second kappa shape index (κ2) is 8.95. The second-order valence-corrected chi connectivity index (χ2v) is 10.9. The molecule has 1 aliphatic heterocycles. The van der Waals surface area contributed by atoms with Crippen LogP contribution in [0.1, 0.15) is 53.9 Å². The highest BCUT2D eigenvalue weighted by atomic mass is 32.2. The van der Waals surface area contributed by atoms with Crippen LogP contribution >= 0.6 is 23.1 Å². The third-order valence-electron chi connectivity index (χ3n) is 6.37. The van der Waals surface area contributed by atoms with E-state index >= 15 is 0 Å². The molecule has 0 bridgehead atoms. The molecule has 7 heteroatoms. The molecule has 1 saturated carbocycles. The Bertz CT molecular complexity index is 1220. The summed E-state index contributed by atoms with van der Waals surface area (Å²) in [6, 6.07) is 14.9. The standard InChI is InChI=1S/C26H27N3O2S2/c1-15-24(33-26(27-15)28-17(3)30)20-11-21-13-29(16(2)19-9-10-19)25(31)23(21)22(12-20)32-14-18-7-5-4-6-8-18/h4-8,11-12,16,19H,9-10,13-14H2,1-3H3,(H,27,28,30)/t16-/m0/s1. The Morgan fingerprint density at radius 3 is 2.73 bits per heavy atom. The van der Waals surface area contributed by atoms with Gasteiger partial charge in [-0.3, -0.25) is 9.59 Å². The number of benzene rings is 2. The number of nitrogens with zero attached hydrogens (tertiary/aromatic N) is 2. The van der Waals surface area contributed by atoms with Crippen LogP contribution in [0, 0.1) is 12.8 Å². The lowest BCUT2D eigenvalue weighted by atomic mass is 10.0. The number of aromatic nitrogens is 1. The Labute approximate surface area is 202 Å². The lowest BCUT2D eigenvalue weighted by molar-refractivity contribution is -0.114. The van der Waals surface area contributed by atoms with Crippen LogP contribution in [-0.2, 0) is 17.1 Å². The van der Waals surface area contributed by atoms with Gasteiger partial charge in [0, 0.05) is 30.2 Å². The summed E-state index contributed by atoms with van der Waals surface area (Å²) in [5, 5.41) is 3.40. The Balaban J connectivity index is 1.52. The number of hydrogen-bond acceptors (Lipinski definition) is 5. The molecule has 0 unspecified atom stereocenters. The summed E-state index contributed by atoms with van der Waals surface area (Å²) in [7, 11) is 0. The van der Waals surface area contributed by atoms with Crippen molar-refractivity contribution >= 4 is 40.0 Å². The van der Waals surface area contributed by atoms with Crippen LogP contribution in [0.2, 0.25) is 0 Å². The predicted molar refractivity (Wildman–Crippen MR) is 135 cm³/mol. The number of rotatable bonds is 7. The van der Waals surface area contributed by atoms with Gasteiger partial charge in [0.05, 0.1) is 16.1 Å². The Kier molecular flexibility index (Phi) is 6.01. The Morgan fingerprint density at radius 1 is 1.27 bits per heavy atom. The highest BCUT2D eigenvalue weighted by Crippen LogP contribution is 2.43. The smallest absolute Gasteiger partial charge is 0.255 e. The van der Waals surface area contributed by atoms with Crippen LogP contribution in [0.3, 0.4) is 0 Å². The van der Waals surface area contributed by atoms with Gasteiger partial charge in [0.1, 0.15) is 0 Å². The van der Waals surface area contributed by atoms with Gasteiger partial charge in [-0.1, -0.05) is 41.7 Å². The topological polar surface area (TPSA) is 62.3 Å². The lowest BCUT2D eigenvalue weighted by Crippen LogP contribution is -2.34. The molecule has 2 heterocycles. The number of aryl methyl sites for hydroxylation is 1. The number of anilines is 1. The molecular weight excluding hydrogens is 450 g/mol. The molecule has 2 aliphatic rings. The number of fused-ring (bicyclic) bond motifs is 1. The van der Waals surface area contributed by atoms with Crippen LogP contribution in [0.25, 0.3) is 10.4 Å². The number of carbonyl (C=O) groups is 2. The van der Waals surface area contributed by atoms with Crippen molar-refractivity contribution < 1.29 is 9.59 Å². The summed E-state index contributed by atoms with van der Waals surface area (Å²) in [6.45, 7) is 6.31. The summed E-state index contributed by atoms with van der Waals surface area (Å²) >= 11 is 3.20. The van der Waals surface area contributed by atoms with Crippen molar-refractivity contribution in [3.63, 3.8) is 0 Å². The van der Waals surface area contributed by atoms with E-state index in [9.17, 15) is 9.59 Å². The molecule has 0 saturated heterocycles. The molecule has 1 atom stereocenters. The van der Waals surface area contributed by atoms with Crippen LogP contribution in [0.15, 0.2) is 47.4 Å². The van der Waals surface area contributed by atoms with E-state index in [4.69, 9.17) is 0 Å². The third kappa shape index (κ3) is 4.57. The minimum atomic E-state index is -0.126. The van der Waals surface area contributed by atoms with Gasteiger partial charge < -0.3 is 10.2 Å². The number of carbonyl (C=O) groups excluding carboxylic acids is 2. The fourth-order valence-electron chi connectivity index (χ4n) is 4.45. The highest BCUT2D eigenvalue weighted by Gasteiger charge is 2.39. The van der Waals surface area contributed by atoms with E-state index in [0.717, 1.165) is 37.9 Å². The number of thioether (sulfide) groups is 1. The Morgan fingerprint density at radius 2 is 2.03 bits per heavy atom. The molecule has 5 nitrogen and oxygen atoms in total. The van der Waals surface area contributed by atoms with Gasteiger partial charge in [0.15, 0.2) is 5.13 Å². The summed E-state index contributed by atoms with van der Waals surface area (Å²) in [6.07, 6.45) is 2.43. The molecule has 1 fully saturated rings. The van der Waals surface area contributed by atoms with Crippen molar-refractivity contribution in [1.82, 2.24) is 9.88 Å². The van der Waals surface area contributed by atoms with Gasteiger partial charge >= 0.3 is 0 Å². The van der Waals surface area contributed by atoms with Gasteiger partial charge in [0.2, 0.25) is 5.91 Å². The summed E-state index contributed by atoms with van der Waals surface area (Å²) < 4.78 is 0. The third-order valence-corrected chi connectivity index (χ3v) is 8.61. The number of thiazole rings is 1. The van der Waals surface area contributed by atoms with Crippen LogP contribution in [0.5, 0.6) is 0 Å². The zero-order chi connectivity index (χ0) is 23.1. The molecule has 2 amide bonds. The predicted octanol–water partition coefficient (Wildman–Crippen LogP) is 6.12. The summed E-state index contributed by atoms with van der Waals surface area (Å²) in [4.78, 5) is 33.6. The lowest BCUT2D eigenvalue weighted by Gasteiger charge is -2.24. The molecule has 33 heavy (non-hydrogen) atoms. The highest BCUT2D eigenvalue weighted by molar-refractivity contribution is 7.98. The first-order chi connectivity index (χ1) is 15.9. The quantitative estimate of drug-likeness (QED) is 0.416. The van der Waals surface area contributed by atoms with Crippen LogP contribution in [0.4, 0.5) is 5.13 Å². The molecule has 0 spiro atoms. The van der Waals surface area contributed by atoms with Gasteiger partial charge in [-0.25, -0.2) is 4.98 Å². The van der Waals surface area contributed by atoms with Crippen molar-refractivity contribution in [1.29, 1.82) is 0 Å². The summed E-state index contributed by atoms with van der Waals surface area (Å²) in [5.41, 5.74) is 5.13. The number of amides is 2. The van der Waals surface area contributed by atoms with Crippen molar-refractivity contribution in [3.8, 4) is 10.4 Å². The van der Waals surface area contributed by atoms with Gasteiger partial charge in [-0.15, -0.1) is 11.8 Å². The number of nitrogens with one attached hydrogen (secondary N) is 1.